The Morgan fingerprint density at radius 1 is 1.17 bits per heavy atom. The molecule has 3 nitrogen and oxygen atoms in total. The molecule has 0 saturated carbocycles. The third kappa shape index (κ3) is 1.97. The zero-order valence-corrected chi connectivity index (χ0v) is 7.67. The predicted octanol–water partition coefficient (Wildman–Crippen LogP) is 0.705. The highest BCUT2D eigenvalue weighted by Gasteiger charge is 2.45. The first-order valence-electron chi connectivity index (χ1n) is 4.47. The molecule has 0 aromatic rings. The second-order valence-electron chi connectivity index (χ2n) is 4.54. The molecule has 0 aliphatic carbocycles. The monoisotopic (exact) mass is 172 g/mol. The molecule has 2 fully saturated rings. The molecule has 2 saturated heterocycles. The number of epoxide rings is 2. The molecule has 1 N–H and O–H groups in total. The third-order valence-electron chi connectivity index (χ3n) is 2.61. The molecule has 0 radical (unpaired) electrons. The topological polar surface area (TPSA) is 45.3 Å². The highest BCUT2D eigenvalue weighted by molar-refractivity contribution is 4.94. The molecule has 3 heteroatoms. The lowest BCUT2D eigenvalue weighted by Gasteiger charge is -2.14. The van der Waals surface area contributed by atoms with Gasteiger partial charge in [-0.25, -0.2) is 0 Å². The van der Waals surface area contributed by atoms with E-state index in [4.69, 9.17) is 9.47 Å². The zero-order chi connectivity index (χ0) is 8.82. The van der Waals surface area contributed by atoms with Gasteiger partial charge >= 0.3 is 0 Å². The summed E-state index contributed by atoms with van der Waals surface area (Å²) in [6.07, 6.45) is 1.21. The van der Waals surface area contributed by atoms with Crippen LogP contribution < -0.4 is 0 Å². The fraction of sp³-hybridized carbons (Fsp3) is 1.00. The first-order valence-corrected chi connectivity index (χ1v) is 4.47. The van der Waals surface area contributed by atoms with Gasteiger partial charge in [0.05, 0.1) is 30.5 Å². The van der Waals surface area contributed by atoms with Crippen LogP contribution >= 0.6 is 0 Å². The molecule has 2 unspecified atom stereocenters. The zero-order valence-electron chi connectivity index (χ0n) is 7.67. The van der Waals surface area contributed by atoms with E-state index in [-0.39, 0.29) is 17.3 Å². The van der Waals surface area contributed by atoms with Crippen LogP contribution in [0, 0.1) is 0 Å². The van der Waals surface area contributed by atoms with E-state index in [1.165, 1.54) is 0 Å². The van der Waals surface area contributed by atoms with E-state index in [9.17, 15) is 5.11 Å². The minimum Gasteiger partial charge on any atom is -0.393 e. The summed E-state index contributed by atoms with van der Waals surface area (Å²) in [6, 6.07) is 0. The highest BCUT2D eigenvalue weighted by atomic mass is 16.6. The molecule has 12 heavy (non-hydrogen) atoms. The van der Waals surface area contributed by atoms with Crippen molar-refractivity contribution in [2.24, 2.45) is 0 Å². The van der Waals surface area contributed by atoms with Crippen LogP contribution in [0.15, 0.2) is 0 Å². The molecular weight excluding hydrogens is 156 g/mol. The number of aliphatic hydroxyl groups excluding tert-OH is 1. The molecule has 0 spiro atoms. The van der Waals surface area contributed by atoms with Gasteiger partial charge in [0.15, 0.2) is 0 Å². The Labute approximate surface area is 72.7 Å². The maximum Gasteiger partial charge on any atom is 0.0913 e. The van der Waals surface area contributed by atoms with E-state index in [0.29, 0.717) is 0 Å². The Balaban J connectivity index is 1.73. The van der Waals surface area contributed by atoms with Crippen molar-refractivity contribution in [2.45, 2.75) is 44.0 Å². The molecule has 2 aliphatic heterocycles. The van der Waals surface area contributed by atoms with Crippen LogP contribution in [0.5, 0.6) is 0 Å². The molecule has 0 aromatic heterocycles. The van der Waals surface area contributed by atoms with Gasteiger partial charge in [-0.3, -0.25) is 0 Å². The fourth-order valence-corrected chi connectivity index (χ4v) is 1.55. The normalized spacial score (nSPS) is 47.2. The first kappa shape index (κ1) is 8.48. The third-order valence-corrected chi connectivity index (χ3v) is 2.61. The molecule has 2 atom stereocenters. The minimum atomic E-state index is -0.273. The summed E-state index contributed by atoms with van der Waals surface area (Å²) >= 11 is 0. The summed E-state index contributed by atoms with van der Waals surface area (Å²) in [5, 5.41) is 9.64. The second kappa shape index (κ2) is 2.44. The van der Waals surface area contributed by atoms with Gasteiger partial charge in [0, 0.05) is 12.8 Å². The van der Waals surface area contributed by atoms with Crippen LogP contribution in [0.2, 0.25) is 0 Å². The van der Waals surface area contributed by atoms with Gasteiger partial charge in [-0.05, 0) is 13.8 Å². The van der Waals surface area contributed by atoms with E-state index in [1.807, 2.05) is 13.8 Å². The fourth-order valence-electron chi connectivity index (χ4n) is 1.55. The number of hydrogen-bond donors (Lipinski definition) is 1. The van der Waals surface area contributed by atoms with Crippen LogP contribution in [0.25, 0.3) is 0 Å². The molecule has 0 amide bonds. The lowest BCUT2D eigenvalue weighted by atomic mass is 9.97. The average Bonchev–Trinajstić information content (AvgIpc) is 2.76. The standard InChI is InChI=1S/C9H16O3/c1-8(5-11-8)3-7(10)4-9(2)6-12-9/h7,10H,3-6H2,1-2H3. The molecule has 2 rings (SSSR count). The van der Waals surface area contributed by atoms with E-state index in [0.717, 1.165) is 26.1 Å². The summed E-state index contributed by atoms with van der Waals surface area (Å²) < 4.78 is 10.4. The molecule has 70 valence electrons. The van der Waals surface area contributed by atoms with E-state index < -0.39 is 0 Å². The molecule has 0 aromatic carbocycles. The SMILES string of the molecule is CC1(CC(O)CC2(C)CO2)CO1. The number of aliphatic hydroxyl groups is 1. The molecule has 2 aliphatic rings. The van der Waals surface area contributed by atoms with Crippen molar-refractivity contribution in [3.8, 4) is 0 Å². The maximum atomic E-state index is 9.64. The molecule has 0 bridgehead atoms. The van der Waals surface area contributed by atoms with Gasteiger partial charge in [0.25, 0.3) is 0 Å². The lowest BCUT2D eigenvalue weighted by Crippen LogP contribution is -2.23. The van der Waals surface area contributed by atoms with Crippen molar-refractivity contribution >= 4 is 0 Å². The van der Waals surface area contributed by atoms with Crippen molar-refractivity contribution in [2.75, 3.05) is 13.2 Å². The maximum absolute atomic E-state index is 9.64. The highest BCUT2D eigenvalue weighted by Crippen LogP contribution is 2.37. The van der Waals surface area contributed by atoms with Crippen LogP contribution in [0.3, 0.4) is 0 Å². The summed E-state index contributed by atoms with van der Waals surface area (Å²) in [6.45, 7) is 5.65. The summed E-state index contributed by atoms with van der Waals surface area (Å²) in [5.74, 6) is 0. The summed E-state index contributed by atoms with van der Waals surface area (Å²) in [5.41, 5.74) is -0.0741. The van der Waals surface area contributed by atoms with Crippen molar-refractivity contribution in [1.29, 1.82) is 0 Å². The van der Waals surface area contributed by atoms with Crippen LogP contribution in [-0.2, 0) is 9.47 Å². The van der Waals surface area contributed by atoms with Gasteiger partial charge in [0.2, 0.25) is 0 Å². The average molecular weight is 172 g/mol. The Bertz CT molecular complexity index is 162. The van der Waals surface area contributed by atoms with Gasteiger partial charge in [-0.1, -0.05) is 0 Å². The van der Waals surface area contributed by atoms with Crippen molar-refractivity contribution in [1.82, 2.24) is 0 Å². The Morgan fingerprint density at radius 2 is 1.50 bits per heavy atom. The van der Waals surface area contributed by atoms with Gasteiger partial charge in [-0.2, -0.15) is 0 Å². The van der Waals surface area contributed by atoms with Gasteiger partial charge < -0.3 is 14.6 Å². The lowest BCUT2D eigenvalue weighted by molar-refractivity contribution is 0.0965. The van der Waals surface area contributed by atoms with Gasteiger partial charge in [0.1, 0.15) is 0 Å². The Morgan fingerprint density at radius 3 is 1.75 bits per heavy atom. The van der Waals surface area contributed by atoms with E-state index in [2.05, 4.69) is 0 Å². The number of rotatable bonds is 4. The van der Waals surface area contributed by atoms with Crippen LogP contribution in [0.4, 0.5) is 0 Å². The van der Waals surface area contributed by atoms with E-state index in [1.54, 1.807) is 0 Å². The smallest absolute Gasteiger partial charge is 0.0913 e. The second-order valence-corrected chi connectivity index (χ2v) is 4.54. The quantitative estimate of drug-likeness (QED) is 0.635. The Kier molecular flexibility index (Phi) is 1.72. The van der Waals surface area contributed by atoms with Crippen molar-refractivity contribution < 1.29 is 14.6 Å². The number of hydrogen-bond acceptors (Lipinski definition) is 3. The van der Waals surface area contributed by atoms with E-state index >= 15 is 0 Å². The molecule has 2 heterocycles. The summed E-state index contributed by atoms with van der Waals surface area (Å²) in [4.78, 5) is 0. The minimum absolute atomic E-state index is 0.0370. The Hall–Kier alpha value is -0.120. The predicted molar refractivity (Wildman–Crippen MR) is 44.0 cm³/mol. The molecular formula is C9H16O3. The van der Waals surface area contributed by atoms with Crippen molar-refractivity contribution in [3.05, 3.63) is 0 Å². The number of ether oxygens (including phenoxy) is 2. The van der Waals surface area contributed by atoms with Gasteiger partial charge in [-0.15, -0.1) is 0 Å². The van der Waals surface area contributed by atoms with Crippen LogP contribution in [-0.4, -0.2) is 35.6 Å². The first-order chi connectivity index (χ1) is 5.52. The summed E-state index contributed by atoms with van der Waals surface area (Å²) in [7, 11) is 0. The van der Waals surface area contributed by atoms with Crippen molar-refractivity contribution in [3.63, 3.8) is 0 Å². The van der Waals surface area contributed by atoms with Crippen LogP contribution in [0.1, 0.15) is 26.7 Å². The largest absolute Gasteiger partial charge is 0.393 e.